The first kappa shape index (κ1) is 10.5. The Bertz CT molecular complexity index is 99.7. The molecule has 0 saturated carbocycles. The van der Waals surface area contributed by atoms with Gasteiger partial charge in [-0.3, -0.25) is 0 Å². The minimum atomic E-state index is -0.113. The van der Waals surface area contributed by atoms with Crippen LogP contribution in [-0.2, 0) is 9.47 Å². The van der Waals surface area contributed by atoms with Gasteiger partial charge in [0.15, 0.2) is 6.29 Å². The van der Waals surface area contributed by atoms with E-state index < -0.39 is 0 Å². The molecule has 1 atom stereocenters. The zero-order valence-corrected chi connectivity index (χ0v) is 7.67. The van der Waals surface area contributed by atoms with E-state index in [1.165, 1.54) is 0 Å². The van der Waals surface area contributed by atoms with E-state index in [9.17, 15) is 0 Å². The summed E-state index contributed by atoms with van der Waals surface area (Å²) >= 11 is 0. The molecule has 0 amide bonds. The summed E-state index contributed by atoms with van der Waals surface area (Å²) < 4.78 is 10.4. The molecule has 0 saturated heterocycles. The van der Waals surface area contributed by atoms with Crippen LogP contribution in [0.1, 0.15) is 33.6 Å². The molecule has 0 rings (SSSR count). The standard InChI is InChI=1S/C9H18O2/c1-4-6-8-11-9(3)10-7-5-2/h5,7,9H,4,6,8H2,1-3H3. The Hall–Kier alpha value is -0.500. The summed E-state index contributed by atoms with van der Waals surface area (Å²) in [6.07, 6.45) is 5.65. The van der Waals surface area contributed by atoms with E-state index in [-0.39, 0.29) is 6.29 Å². The summed E-state index contributed by atoms with van der Waals surface area (Å²) in [7, 11) is 0. The van der Waals surface area contributed by atoms with Crippen molar-refractivity contribution in [3.63, 3.8) is 0 Å². The van der Waals surface area contributed by atoms with Gasteiger partial charge in [0.1, 0.15) is 0 Å². The molecule has 0 aromatic carbocycles. The fourth-order valence-corrected chi connectivity index (χ4v) is 0.622. The predicted molar refractivity (Wildman–Crippen MR) is 46.2 cm³/mol. The normalized spacial score (nSPS) is 13.7. The number of ether oxygens (including phenoxy) is 2. The molecule has 0 aliphatic carbocycles. The Morgan fingerprint density at radius 1 is 1.45 bits per heavy atom. The molecule has 0 heterocycles. The SMILES string of the molecule is CC=COC(C)OCCCC. The molecule has 0 aliphatic heterocycles. The van der Waals surface area contributed by atoms with E-state index in [2.05, 4.69) is 6.92 Å². The van der Waals surface area contributed by atoms with Crippen molar-refractivity contribution in [2.45, 2.75) is 39.9 Å². The van der Waals surface area contributed by atoms with Crippen LogP contribution in [-0.4, -0.2) is 12.9 Å². The van der Waals surface area contributed by atoms with Crippen LogP contribution < -0.4 is 0 Å². The number of allylic oxidation sites excluding steroid dienone is 1. The minimum Gasteiger partial charge on any atom is -0.473 e. The Morgan fingerprint density at radius 3 is 2.73 bits per heavy atom. The third-order valence-electron chi connectivity index (χ3n) is 1.26. The molecule has 0 spiro atoms. The van der Waals surface area contributed by atoms with Gasteiger partial charge in [-0.2, -0.15) is 0 Å². The lowest BCUT2D eigenvalue weighted by Gasteiger charge is -2.11. The van der Waals surface area contributed by atoms with Crippen molar-refractivity contribution in [3.05, 3.63) is 12.3 Å². The number of hydrogen-bond acceptors (Lipinski definition) is 2. The molecule has 66 valence electrons. The molecule has 2 heteroatoms. The summed E-state index contributed by atoms with van der Waals surface area (Å²) in [5, 5.41) is 0. The van der Waals surface area contributed by atoms with Crippen molar-refractivity contribution in [1.82, 2.24) is 0 Å². The van der Waals surface area contributed by atoms with E-state index in [0.717, 1.165) is 19.4 Å². The molecule has 0 aromatic heterocycles. The number of hydrogen-bond donors (Lipinski definition) is 0. The van der Waals surface area contributed by atoms with Gasteiger partial charge in [-0.05, 0) is 20.3 Å². The van der Waals surface area contributed by atoms with Crippen LogP contribution >= 0.6 is 0 Å². The van der Waals surface area contributed by atoms with Gasteiger partial charge < -0.3 is 9.47 Å². The van der Waals surface area contributed by atoms with Crippen LogP contribution in [0.25, 0.3) is 0 Å². The van der Waals surface area contributed by atoms with Crippen LogP contribution in [0.2, 0.25) is 0 Å². The Labute approximate surface area is 69.2 Å². The van der Waals surface area contributed by atoms with Gasteiger partial charge in [0, 0.05) is 0 Å². The second-order valence-electron chi connectivity index (χ2n) is 2.40. The predicted octanol–water partition coefficient (Wildman–Crippen LogP) is 2.70. The second kappa shape index (κ2) is 7.61. The Balaban J connectivity index is 3.15. The molecule has 2 nitrogen and oxygen atoms in total. The molecular formula is C9H18O2. The van der Waals surface area contributed by atoms with Gasteiger partial charge >= 0.3 is 0 Å². The molecule has 1 unspecified atom stereocenters. The van der Waals surface area contributed by atoms with Gasteiger partial charge in [0.2, 0.25) is 0 Å². The lowest BCUT2D eigenvalue weighted by molar-refractivity contribution is -0.0934. The van der Waals surface area contributed by atoms with E-state index in [1.807, 2.05) is 19.9 Å². The molecule has 0 aliphatic rings. The van der Waals surface area contributed by atoms with Crippen molar-refractivity contribution in [1.29, 1.82) is 0 Å². The average molecular weight is 158 g/mol. The van der Waals surface area contributed by atoms with Crippen molar-refractivity contribution < 1.29 is 9.47 Å². The maximum absolute atomic E-state index is 5.31. The van der Waals surface area contributed by atoms with Crippen molar-refractivity contribution in [3.8, 4) is 0 Å². The third kappa shape index (κ3) is 7.40. The summed E-state index contributed by atoms with van der Waals surface area (Å²) in [5.74, 6) is 0. The smallest absolute Gasteiger partial charge is 0.196 e. The summed E-state index contributed by atoms with van der Waals surface area (Å²) in [4.78, 5) is 0. The first-order valence-corrected chi connectivity index (χ1v) is 4.19. The zero-order chi connectivity index (χ0) is 8.53. The first-order chi connectivity index (χ1) is 5.31. The van der Waals surface area contributed by atoms with E-state index in [4.69, 9.17) is 9.47 Å². The quantitative estimate of drug-likeness (QED) is 0.336. The summed E-state index contributed by atoms with van der Waals surface area (Å²) in [6.45, 7) is 6.74. The van der Waals surface area contributed by atoms with Crippen LogP contribution in [0.5, 0.6) is 0 Å². The Kier molecular flexibility index (Phi) is 7.26. The molecule has 0 bridgehead atoms. The van der Waals surface area contributed by atoms with Crippen molar-refractivity contribution >= 4 is 0 Å². The monoisotopic (exact) mass is 158 g/mol. The minimum absolute atomic E-state index is 0.113. The van der Waals surface area contributed by atoms with E-state index in [1.54, 1.807) is 6.26 Å². The molecule has 0 aromatic rings. The van der Waals surface area contributed by atoms with Crippen LogP contribution in [0.3, 0.4) is 0 Å². The lowest BCUT2D eigenvalue weighted by Crippen LogP contribution is -2.10. The zero-order valence-electron chi connectivity index (χ0n) is 7.67. The van der Waals surface area contributed by atoms with E-state index in [0.29, 0.717) is 0 Å². The van der Waals surface area contributed by atoms with Crippen LogP contribution in [0.4, 0.5) is 0 Å². The van der Waals surface area contributed by atoms with Gasteiger partial charge in [-0.15, -0.1) is 0 Å². The number of rotatable bonds is 6. The maximum atomic E-state index is 5.31. The molecule has 0 radical (unpaired) electrons. The fourth-order valence-electron chi connectivity index (χ4n) is 0.622. The van der Waals surface area contributed by atoms with Gasteiger partial charge in [-0.25, -0.2) is 0 Å². The first-order valence-electron chi connectivity index (χ1n) is 4.19. The van der Waals surface area contributed by atoms with Crippen molar-refractivity contribution in [2.75, 3.05) is 6.61 Å². The maximum Gasteiger partial charge on any atom is 0.196 e. The lowest BCUT2D eigenvalue weighted by atomic mass is 10.4. The van der Waals surface area contributed by atoms with Gasteiger partial charge in [0.05, 0.1) is 12.9 Å². The highest BCUT2D eigenvalue weighted by atomic mass is 16.7. The number of unbranched alkanes of at least 4 members (excludes halogenated alkanes) is 1. The summed E-state index contributed by atoms with van der Waals surface area (Å²) in [6, 6.07) is 0. The largest absolute Gasteiger partial charge is 0.473 e. The highest BCUT2D eigenvalue weighted by molar-refractivity contribution is 4.65. The summed E-state index contributed by atoms with van der Waals surface area (Å²) in [5.41, 5.74) is 0. The second-order valence-corrected chi connectivity index (χ2v) is 2.40. The van der Waals surface area contributed by atoms with Gasteiger partial charge in [-0.1, -0.05) is 19.4 Å². The molecule has 0 fully saturated rings. The molecule has 11 heavy (non-hydrogen) atoms. The average Bonchev–Trinajstić information content (AvgIpc) is 2.01. The highest BCUT2D eigenvalue weighted by Crippen LogP contribution is 1.96. The van der Waals surface area contributed by atoms with Crippen LogP contribution in [0.15, 0.2) is 12.3 Å². The van der Waals surface area contributed by atoms with Gasteiger partial charge in [0.25, 0.3) is 0 Å². The molecular weight excluding hydrogens is 140 g/mol. The fraction of sp³-hybridized carbons (Fsp3) is 0.778. The third-order valence-corrected chi connectivity index (χ3v) is 1.26. The topological polar surface area (TPSA) is 18.5 Å². The molecule has 0 N–H and O–H groups in total. The highest BCUT2D eigenvalue weighted by Gasteiger charge is 1.97. The van der Waals surface area contributed by atoms with Crippen LogP contribution in [0, 0.1) is 0 Å². The van der Waals surface area contributed by atoms with Crippen molar-refractivity contribution in [2.24, 2.45) is 0 Å². The van der Waals surface area contributed by atoms with E-state index >= 15 is 0 Å². The Morgan fingerprint density at radius 2 is 2.18 bits per heavy atom.